The zero-order chi connectivity index (χ0) is 14.5. The molecule has 1 heterocycles. The van der Waals surface area contributed by atoms with Gasteiger partial charge in [-0.1, -0.05) is 29.8 Å². The Morgan fingerprint density at radius 1 is 1.45 bits per heavy atom. The first-order valence-electron chi connectivity index (χ1n) is 6.15. The summed E-state index contributed by atoms with van der Waals surface area (Å²) in [5.74, 6) is -0.388. The van der Waals surface area contributed by atoms with Gasteiger partial charge in [0.15, 0.2) is 0 Å². The van der Waals surface area contributed by atoms with E-state index in [2.05, 4.69) is 5.32 Å². The molecule has 0 aliphatic rings. The molecular formula is C14H15ClN2O2S. The Kier molecular flexibility index (Phi) is 4.87. The lowest BCUT2D eigenvalue weighted by molar-refractivity contribution is 0.0533. The number of nitrogens with two attached hydrogens (primary N) is 1. The minimum absolute atomic E-state index is 0.332. The quantitative estimate of drug-likeness (QED) is 0.825. The fraction of sp³-hybridized carbons (Fsp3) is 0.214. The third kappa shape index (κ3) is 3.43. The van der Waals surface area contributed by atoms with E-state index in [0.29, 0.717) is 28.7 Å². The highest BCUT2D eigenvalue weighted by Crippen LogP contribution is 2.30. The molecule has 0 aliphatic heterocycles. The van der Waals surface area contributed by atoms with Gasteiger partial charge in [-0.3, -0.25) is 0 Å². The van der Waals surface area contributed by atoms with Crippen LogP contribution in [0.1, 0.15) is 22.2 Å². The van der Waals surface area contributed by atoms with E-state index >= 15 is 0 Å². The highest BCUT2D eigenvalue weighted by Gasteiger charge is 2.15. The highest BCUT2D eigenvalue weighted by atomic mass is 35.5. The minimum atomic E-state index is -0.388. The molecule has 4 nitrogen and oxygen atoms in total. The molecule has 1 aromatic carbocycles. The van der Waals surface area contributed by atoms with Gasteiger partial charge in [-0.2, -0.15) is 0 Å². The number of anilines is 2. The van der Waals surface area contributed by atoms with E-state index in [1.165, 1.54) is 11.3 Å². The van der Waals surface area contributed by atoms with Crippen LogP contribution in [0, 0.1) is 0 Å². The number of thiophene rings is 1. The van der Waals surface area contributed by atoms with E-state index in [4.69, 9.17) is 22.1 Å². The lowest BCUT2D eigenvalue weighted by atomic mass is 10.2. The van der Waals surface area contributed by atoms with Crippen molar-refractivity contribution in [3.63, 3.8) is 0 Å². The molecular weight excluding hydrogens is 296 g/mol. The van der Waals surface area contributed by atoms with Crippen LogP contribution >= 0.6 is 22.9 Å². The van der Waals surface area contributed by atoms with Crippen molar-refractivity contribution >= 4 is 39.6 Å². The molecule has 0 atom stereocenters. The van der Waals surface area contributed by atoms with Gasteiger partial charge in [0.25, 0.3) is 0 Å². The van der Waals surface area contributed by atoms with Crippen LogP contribution in [-0.2, 0) is 11.3 Å². The number of carbonyl (C=O) groups excluding carboxylic acids is 1. The van der Waals surface area contributed by atoms with Gasteiger partial charge in [-0.25, -0.2) is 4.79 Å². The second kappa shape index (κ2) is 6.63. The molecule has 20 heavy (non-hydrogen) atoms. The van der Waals surface area contributed by atoms with Gasteiger partial charge in [0.2, 0.25) is 0 Å². The van der Waals surface area contributed by atoms with E-state index in [9.17, 15) is 4.79 Å². The normalized spacial score (nSPS) is 10.3. The van der Waals surface area contributed by atoms with Crippen LogP contribution in [0.3, 0.4) is 0 Å². The number of halogens is 1. The molecule has 3 N–H and O–H groups in total. The fourth-order valence-electron chi connectivity index (χ4n) is 1.67. The predicted molar refractivity (Wildman–Crippen MR) is 83.5 cm³/mol. The molecule has 1 aromatic heterocycles. The van der Waals surface area contributed by atoms with Gasteiger partial charge in [0, 0.05) is 11.6 Å². The van der Waals surface area contributed by atoms with Gasteiger partial charge in [0.1, 0.15) is 4.88 Å². The number of carbonyl (C=O) groups is 1. The average molecular weight is 311 g/mol. The van der Waals surface area contributed by atoms with Crippen LogP contribution in [0.25, 0.3) is 0 Å². The number of ether oxygens (including phenoxy) is 1. The number of rotatable bonds is 5. The standard InChI is InChI=1S/C14H15ClN2O2S/c1-2-19-14(18)13-11(16)7-12(20-13)17-8-9-5-3-4-6-10(9)15/h3-7,17H,2,8,16H2,1H3. The second-order valence-corrected chi connectivity index (χ2v) is 5.52. The van der Waals surface area contributed by atoms with Crippen molar-refractivity contribution in [1.29, 1.82) is 0 Å². The van der Waals surface area contributed by atoms with Crippen molar-refractivity contribution in [3.05, 3.63) is 45.8 Å². The van der Waals surface area contributed by atoms with E-state index in [-0.39, 0.29) is 5.97 Å². The van der Waals surface area contributed by atoms with E-state index in [0.717, 1.165) is 10.6 Å². The smallest absolute Gasteiger partial charge is 0.350 e. The van der Waals surface area contributed by atoms with Crippen molar-refractivity contribution in [2.45, 2.75) is 13.5 Å². The fourth-order valence-corrected chi connectivity index (χ4v) is 2.74. The Morgan fingerprint density at radius 3 is 2.90 bits per heavy atom. The molecule has 0 bridgehead atoms. The van der Waals surface area contributed by atoms with E-state index < -0.39 is 0 Å². The number of esters is 1. The van der Waals surface area contributed by atoms with Crippen molar-refractivity contribution in [2.75, 3.05) is 17.7 Å². The van der Waals surface area contributed by atoms with Crippen LogP contribution in [0.15, 0.2) is 30.3 Å². The maximum atomic E-state index is 11.7. The van der Waals surface area contributed by atoms with Crippen molar-refractivity contribution in [3.8, 4) is 0 Å². The summed E-state index contributed by atoms with van der Waals surface area (Å²) in [6.45, 7) is 2.67. The summed E-state index contributed by atoms with van der Waals surface area (Å²) in [6.07, 6.45) is 0. The number of hydrogen-bond acceptors (Lipinski definition) is 5. The van der Waals surface area contributed by atoms with Gasteiger partial charge in [-0.05, 0) is 24.6 Å². The summed E-state index contributed by atoms with van der Waals surface area (Å²) >= 11 is 7.36. The van der Waals surface area contributed by atoms with Gasteiger partial charge in [0.05, 0.1) is 17.3 Å². The average Bonchev–Trinajstić information content (AvgIpc) is 2.79. The summed E-state index contributed by atoms with van der Waals surface area (Å²) in [5, 5.41) is 4.72. The maximum absolute atomic E-state index is 11.7. The third-order valence-corrected chi connectivity index (χ3v) is 4.09. The second-order valence-electron chi connectivity index (χ2n) is 4.06. The summed E-state index contributed by atoms with van der Waals surface area (Å²) < 4.78 is 4.95. The summed E-state index contributed by atoms with van der Waals surface area (Å²) in [6, 6.07) is 9.32. The van der Waals surface area contributed by atoms with Crippen molar-refractivity contribution < 1.29 is 9.53 Å². The lowest BCUT2D eigenvalue weighted by Crippen LogP contribution is -2.04. The van der Waals surface area contributed by atoms with Crippen LogP contribution in [0.5, 0.6) is 0 Å². The first-order valence-corrected chi connectivity index (χ1v) is 7.35. The van der Waals surface area contributed by atoms with Crippen LogP contribution in [0.4, 0.5) is 10.7 Å². The minimum Gasteiger partial charge on any atom is -0.462 e. The lowest BCUT2D eigenvalue weighted by Gasteiger charge is -2.05. The van der Waals surface area contributed by atoms with Crippen LogP contribution in [-0.4, -0.2) is 12.6 Å². The molecule has 106 valence electrons. The zero-order valence-electron chi connectivity index (χ0n) is 11.0. The topological polar surface area (TPSA) is 64.3 Å². The first kappa shape index (κ1) is 14.7. The molecule has 0 fully saturated rings. The molecule has 0 radical (unpaired) electrons. The largest absolute Gasteiger partial charge is 0.462 e. The van der Waals surface area contributed by atoms with Gasteiger partial charge in [-0.15, -0.1) is 11.3 Å². The predicted octanol–water partition coefficient (Wildman–Crippen LogP) is 3.77. The number of benzene rings is 1. The zero-order valence-corrected chi connectivity index (χ0v) is 12.6. The van der Waals surface area contributed by atoms with E-state index in [1.807, 2.05) is 24.3 Å². The SMILES string of the molecule is CCOC(=O)c1sc(NCc2ccccc2Cl)cc1N. The van der Waals surface area contributed by atoms with Gasteiger partial charge < -0.3 is 15.8 Å². The van der Waals surface area contributed by atoms with Crippen molar-refractivity contribution in [1.82, 2.24) is 0 Å². The molecule has 0 amide bonds. The molecule has 0 unspecified atom stereocenters. The Labute approximate surface area is 126 Å². The molecule has 0 saturated heterocycles. The molecule has 2 aromatic rings. The summed E-state index contributed by atoms with van der Waals surface area (Å²) in [5.41, 5.74) is 7.23. The highest BCUT2D eigenvalue weighted by molar-refractivity contribution is 7.18. The molecule has 0 aliphatic carbocycles. The van der Waals surface area contributed by atoms with Crippen LogP contribution in [0.2, 0.25) is 5.02 Å². The van der Waals surface area contributed by atoms with Gasteiger partial charge >= 0.3 is 5.97 Å². The maximum Gasteiger partial charge on any atom is 0.350 e. The number of hydrogen-bond donors (Lipinski definition) is 2. The molecule has 0 saturated carbocycles. The summed E-state index contributed by atoms with van der Waals surface area (Å²) in [7, 11) is 0. The Bertz CT molecular complexity index is 613. The van der Waals surface area contributed by atoms with E-state index in [1.54, 1.807) is 13.0 Å². The molecule has 0 spiro atoms. The Balaban J connectivity index is 2.06. The number of nitrogen functional groups attached to an aromatic ring is 1. The van der Waals surface area contributed by atoms with Crippen LogP contribution < -0.4 is 11.1 Å². The summed E-state index contributed by atoms with van der Waals surface area (Å²) in [4.78, 5) is 12.1. The third-order valence-electron chi connectivity index (χ3n) is 2.63. The number of nitrogens with one attached hydrogen (secondary N) is 1. The molecule has 2 rings (SSSR count). The van der Waals surface area contributed by atoms with Crippen molar-refractivity contribution in [2.24, 2.45) is 0 Å². The molecule has 6 heteroatoms. The monoisotopic (exact) mass is 310 g/mol. The first-order chi connectivity index (χ1) is 9.61. The Morgan fingerprint density at radius 2 is 2.20 bits per heavy atom. The Hall–Kier alpha value is -1.72.